The van der Waals surface area contributed by atoms with Crippen molar-refractivity contribution in [3.05, 3.63) is 95.6 Å². The van der Waals surface area contributed by atoms with Crippen molar-refractivity contribution < 1.29 is 29.3 Å². The SMILES string of the molecule is C#CCC(CC(Oc1ccc(C(=O)O)cc1)c1ccccc1)Oc1ccc(C(=O)O)cc1. The molecular weight excluding hydrogens is 408 g/mol. The fourth-order valence-electron chi connectivity index (χ4n) is 3.17. The van der Waals surface area contributed by atoms with Crippen LogP contribution in [-0.2, 0) is 0 Å². The van der Waals surface area contributed by atoms with E-state index in [1.807, 2.05) is 30.3 Å². The van der Waals surface area contributed by atoms with Gasteiger partial charge in [0, 0.05) is 12.8 Å². The minimum Gasteiger partial charge on any atom is -0.489 e. The van der Waals surface area contributed by atoms with E-state index in [1.165, 1.54) is 24.3 Å². The maximum absolute atomic E-state index is 11.1. The number of aromatic carboxylic acids is 2. The number of hydrogen-bond donors (Lipinski definition) is 2. The first-order valence-electron chi connectivity index (χ1n) is 9.94. The number of benzene rings is 3. The molecule has 0 spiro atoms. The molecule has 0 aliphatic rings. The van der Waals surface area contributed by atoms with E-state index in [0.717, 1.165) is 5.56 Å². The molecule has 2 unspecified atom stereocenters. The molecule has 0 aliphatic carbocycles. The number of hydrogen-bond acceptors (Lipinski definition) is 4. The van der Waals surface area contributed by atoms with Crippen LogP contribution in [0.4, 0.5) is 0 Å². The third kappa shape index (κ3) is 6.13. The van der Waals surface area contributed by atoms with Gasteiger partial charge >= 0.3 is 11.9 Å². The van der Waals surface area contributed by atoms with Crippen LogP contribution in [0, 0.1) is 12.3 Å². The Balaban J connectivity index is 1.80. The lowest BCUT2D eigenvalue weighted by molar-refractivity contribution is 0.0686. The molecule has 2 atom stereocenters. The van der Waals surface area contributed by atoms with Gasteiger partial charge in [-0.2, -0.15) is 0 Å². The van der Waals surface area contributed by atoms with Crippen molar-refractivity contribution in [2.75, 3.05) is 0 Å². The summed E-state index contributed by atoms with van der Waals surface area (Å²) < 4.78 is 12.2. The molecule has 0 aromatic heterocycles. The lowest BCUT2D eigenvalue weighted by Crippen LogP contribution is -2.22. The third-order valence-corrected chi connectivity index (χ3v) is 4.78. The summed E-state index contributed by atoms with van der Waals surface area (Å²) in [6.07, 6.45) is 5.52. The molecule has 3 aromatic rings. The van der Waals surface area contributed by atoms with Crippen LogP contribution in [0.1, 0.15) is 45.2 Å². The minimum atomic E-state index is -1.01. The summed E-state index contributed by atoms with van der Waals surface area (Å²) in [6.45, 7) is 0. The van der Waals surface area contributed by atoms with Gasteiger partial charge in [0.25, 0.3) is 0 Å². The lowest BCUT2D eigenvalue weighted by atomic mass is 10.0. The van der Waals surface area contributed by atoms with Gasteiger partial charge in [0.05, 0.1) is 11.1 Å². The first-order valence-corrected chi connectivity index (χ1v) is 9.94. The highest BCUT2D eigenvalue weighted by Crippen LogP contribution is 2.29. The first kappa shape index (κ1) is 22.4. The predicted octanol–water partition coefficient (Wildman–Crippen LogP) is 5.06. The maximum atomic E-state index is 11.1. The van der Waals surface area contributed by atoms with Crippen LogP contribution in [0.25, 0.3) is 0 Å². The van der Waals surface area contributed by atoms with Crippen LogP contribution in [0.2, 0.25) is 0 Å². The Morgan fingerprint density at radius 3 is 1.75 bits per heavy atom. The Labute approximate surface area is 186 Å². The smallest absolute Gasteiger partial charge is 0.335 e. The summed E-state index contributed by atoms with van der Waals surface area (Å²) in [7, 11) is 0. The Morgan fingerprint density at radius 1 is 0.781 bits per heavy atom. The lowest BCUT2D eigenvalue weighted by Gasteiger charge is -2.25. The van der Waals surface area contributed by atoms with E-state index in [2.05, 4.69) is 5.92 Å². The molecule has 0 radical (unpaired) electrons. The molecule has 6 nitrogen and oxygen atoms in total. The Hall–Kier alpha value is -4.24. The van der Waals surface area contributed by atoms with E-state index in [-0.39, 0.29) is 17.2 Å². The molecular formula is C26H22O6. The molecule has 2 N–H and O–H groups in total. The zero-order chi connectivity index (χ0) is 22.9. The van der Waals surface area contributed by atoms with Crippen molar-refractivity contribution in [1.29, 1.82) is 0 Å². The molecule has 3 rings (SSSR count). The highest BCUT2D eigenvalue weighted by atomic mass is 16.5. The molecule has 32 heavy (non-hydrogen) atoms. The highest BCUT2D eigenvalue weighted by Gasteiger charge is 2.21. The maximum Gasteiger partial charge on any atom is 0.335 e. The second-order valence-corrected chi connectivity index (χ2v) is 7.06. The molecule has 0 saturated heterocycles. The molecule has 0 saturated carbocycles. The third-order valence-electron chi connectivity index (χ3n) is 4.78. The minimum absolute atomic E-state index is 0.168. The molecule has 0 aliphatic heterocycles. The first-order chi connectivity index (χ1) is 15.5. The van der Waals surface area contributed by atoms with Crippen LogP contribution in [0.5, 0.6) is 11.5 Å². The van der Waals surface area contributed by atoms with Gasteiger partial charge in [-0.3, -0.25) is 0 Å². The standard InChI is InChI=1S/C26H22O6/c1-2-6-23(31-21-13-9-19(10-14-21)25(27)28)17-24(18-7-4-3-5-8-18)32-22-15-11-20(12-16-22)26(29)30/h1,3-5,7-16,23-24H,6,17H2,(H,27,28)(H,29,30). The van der Waals surface area contributed by atoms with Crippen molar-refractivity contribution in [2.24, 2.45) is 0 Å². The number of rotatable bonds is 10. The summed E-state index contributed by atoms with van der Waals surface area (Å²) in [5.74, 6) is 1.63. The molecule has 0 heterocycles. The zero-order valence-corrected chi connectivity index (χ0v) is 17.2. The Bertz CT molecular complexity index is 1080. The normalized spacial score (nSPS) is 12.2. The second-order valence-electron chi connectivity index (χ2n) is 7.06. The van der Waals surface area contributed by atoms with Gasteiger partial charge in [0.1, 0.15) is 23.7 Å². The van der Waals surface area contributed by atoms with Crippen molar-refractivity contribution in [3.8, 4) is 23.8 Å². The molecule has 0 amide bonds. The molecule has 0 bridgehead atoms. The molecule has 162 valence electrons. The van der Waals surface area contributed by atoms with E-state index in [4.69, 9.17) is 26.1 Å². The summed E-state index contributed by atoms with van der Waals surface area (Å²) >= 11 is 0. The molecule has 6 heteroatoms. The summed E-state index contributed by atoms with van der Waals surface area (Å²) in [5.41, 5.74) is 1.26. The largest absolute Gasteiger partial charge is 0.489 e. The van der Waals surface area contributed by atoms with Gasteiger partial charge in [-0.25, -0.2) is 9.59 Å². The second kappa shape index (κ2) is 10.7. The summed E-state index contributed by atoms with van der Waals surface area (Å²) in [6, 6.07) is 21.9. The van der Waals surface area contributed by atoms with Gasteiger partial charge in [0.15, 0.2) is 0 Å². The van der Waals surface area contributed by atoms with Crippen LogP contribution in [0.15, 0.2) is 78.9 Å². The number of ether oxygens (including phenoxy) is 2. The molecule has 0 fully saturated rings. The monoisotopic (exact) mass is 430 g/mol. The quantitative estimate of drug-likeness (QED) is 0.437. The van der Waals surface area contributed by atoms with Crippen LogP contribution in [0.3, 0.4) is 0 Å². The predicted molar refractivity (Wildman–Crippen MR) is 119 cm³/mol. The number of carboxylic acid groups (broad SMARTS) is 2. The fourth-order valence-corrected chi connectivity index (χ4v) is 3.17. The van der Waals surface area contributed by atoms with Crippen molar-refractivity contribution in [3.63, 3.8) is 0 Å². The van der Waals surface area contributed by atoms with E-state index in [9.17, 15) is 9.59 Å². The summed E-state index contributed by atoms with van der Waals surface area (Å²) in [4.78, 5) is 22.2. The topological polar surface area (TPSA) is 93.1 Å². The van der Waals surface area contributed by atoms with Crippen molar-refractivity contribution in [1.82, 2.24) is 0 Å². The van der Waals surface area contributed by atoms with Gasteiger partial charge < -0.3 is 19.7 Å². The van der Waals surface area contributed by atoms with Crippen LogP contribution in [-0.4, -0.2) is 28.3 Å². The average molecular weight is 430 g/mol. The van der Waals surface area contributed by atoms with E-state index >= 15 is 0 Å². The van der Waals surface area contributed by atoms with E-state index in [1.54, 1.807) is 24.3 Å². The van der Waals surface area contributed by atoms with Crippen molar-refractivity contribution in [2.45, 2.75) is 25.0 Å². The van der Waals surface area contributed by atoms with Gasteiger partial charge in [0.2, 0.25) is 0 Å². The molecule has 3 aromatic carbocycles. The Kier molecular flexibility index (Phi) is 7.50. The number of carbonyl (C=O) groups is 2. The number of terminal acetylenes is 1. The van der Waals surface area contributed by atoms with Crippen LogP contribution >= 0.6 is 0 Å². The van der Waals surface area contributed by atoms with Gasteiger partial charge in [-0.1, -0.05) is 30.3 Å². The van der Waals surface area contributed by atoms with E-state index in [0.29, 0.717) is 24.3 Å². The fraction of sp³-hybridized carbons (Fsp3) is 0.154. The van der Waals surface area contributed by atoms with Gasteiger partial charge in [-0.05, 0) is 54.1 Å². The summed E-state index contributed by atoms with van der Waals surface area (Å²) in [5, 5.41) is 18.2. The van der Waals surface area contributed by atoms with Crippen molar-refractivity contribution >= 4 is 11.9 Å². The average Bonchev–Trinajstić information content (AvgIpc) is 2.80. The van der Waals surface area contributed by atoms with Crippen LogP contribution < -0.4 is 9.47 Å². The Morgan fingerprint density at radius 2 is 1.28 bits per heavy atom. The number of carboxylic acids is 2. The highest BCUT2D eigenvalue weighted by molar-refractivity contribution is 5.88. The van der Waals surface area contributed by atoms with Gasteiger partial charge in [-0.15, -0.1) is 12.3 Å². The zero-order valence-electron chi connectivity index (χ0n) is 17.2. The van der Waals surface area contributed by atoms with E-state index < -0.39 is 18.0 Å².